The lowest BCUT2D eigenvalue weighted by atomic mass is 9.63. The minimum Gasteiger partial charge on any atom is -0.186 e. The first-order chi connectivity index (χ1) is 8.54. The van der Waals surface area contributed by atoms with Crippen molar-refractivity contribution in [3.63, 3.8) is 0 Å². The summed E-state index contributed by atoms with van der Waals surface area (Å²) in [6, 6.07) is 10.8. The van der Waals surface area contributed by atoms with Gasteiger partial charge in [0.05, 0.1) is 5.54 Å². The van der Waals surface area contributed by atoms with Crippen LogP contribution in [-0.4, -0.2) is 5.54 Å². The zero-order chi connectivity index (χ0) is 12.6. The van der Waals surface area contributed by atoms with Crippen molar-refractivity contribution in [1.29, 1.82) is 0 Å². The number of benzene rings is 1. The normalized spacial score (nSPS) is 46.8. The molecule has 2 nitrogen and oxygen atoms in total. The molecule has 1 aromatic carbocycles. The highest BCUT2D eigenvalue weighted by molar-refractivity contribution is 5.40. The SMILES string of the molecule is CC1(C)[C@@]2(C)N=N[C@@]1(c1ccccc1)[C@H]1CC[C@H]12. The van der Waals surface area contributed by atoms with Crippen LogP contribution in [0.25, 0.3) is 0 Å². The Morgan fingerprint density at radius 1 is 0.944 bits per heavy atom. The molecule has 3 aliphatic rings. The van der Waals surface area contributed by atoms with E-state index >= 15 is 0 Å². The van der Waals surface area contributed by atoms with Crippen LogP contribution in [0.15, 0.2) is 40.6 Å². The summed E-state index contributed by atoms with van der Waals surface area (Å²) >= 11 is 0. The van der Waals surface area contributed by atoms with E-state index in [0.717, 1.165) is 5.92 Å². The summed E-state index contributed by atoms with van der Waals surface area (Å²) in [5.41, 5.74) is 1.49. The maximum atomic E-state index is 4.84. The van der Waals surface area contributed by atoms with E-state index in [1.165, 1.54) is 18.4 Å². The van der Waals surface area contributed by atoms with Gasteiger partial charge in [0.25, 0.3) is 0 Å². The zero-order valence-electron chi connectivity index (χ0n) is 11.4. The van der Waals surface area contributed by atoms with E-state index in [1.807, 2.05) is 0 Å². The van der Waals surface area contributed by atoms with Crippen LogP contribution in [0.3, 0.4) is 0 Å². The molecule has 4 atom stereocenters. The van der Waals surface area contributed by atoms with Crippen LogP contribution in [0, 0.1) is 17.3 Å². The molecule has 2 aliphatic carbocycles. The fraction of sp³-hybridized carbons (Fsp3) is 0.625. The number of rotatable bonds is 1. The van der Waals surface area contributed by atoms with Gasteiger partial charge in [-0.25, -0.2) is 0 Å². The van der Waals surface area contributed by atoms with Crippen molar-refractivity contribution >= 4 is 0 Å². The summed E-state index contributed by atoms with van der Waals surface area (Å²) in [5, 5.41) is 9.58. The third-order valence-corrected chi connectivity index (χ3v) is 6.38. The predicted molar refractivity (Wildman–Crippen MR) is 71.4 cm³/mol. The summed E-state index contributed by atoms with van der Waals surface area (Å²) in [6.07, 6.45) is 2.65. The van der Waals surface area contributed by atoms with Gasteiger partial charge in [-0.1, -0.05) is 44.2 Å². The number of azo groups is 1. The second-order valence-electron chi connectivity index (χ2n) is 6.90. The second kappa shape index (κ2) is 2.87. The molecule has 0 saturated heterocycles. The van der Waals surface area contributed by atoms with E-state index < -0.39 is 0 Å². The quantitative estimate of drug-likeness (QED) is 0.703. The van der Waals surface area contributed by atoms with Crippen molar-refractivity contribution in [2.75, 3.05) is 0 Å². The average Bonchev–Trinajstić information content (AvgIpc) is 2.55. The van der Waals surface area contributed by atoms with Crippen molar-refractivity contribution in [3.8, 4) is 0 Å². The highest BCUT2D eigenvalue weighted by atomic mass is 15.3. The van der Waals surface area contributed by atoms with Crippen molar-refractivity contribution in [2.24, 2.45) is 27.5 Å². The van der Waals surface area contributed by atoms with Crippen molar-refractivity contribution in [2.45, 2.75) is 44.7 Å². The monoisotopic (exact) mass is 240 g/mol. The molecule has 1 heterocycles. The van der Waals surface area contributed by atoms with Crippen LogP contribution in [0.2, 0.25) is 0 Å². The summed E-state index contributed by atoms with van der Waals surface area (Å²) in [5.74, 6) is 1.45. The average molecular weight is 240 g/mol. The fourth-order valence-corrected chi connectivity index (χ4v) is 4.89. The number of hydrogen-bond acceptors (Lipinski definition) is 2. The highest BCUT2D eigenvalue weighted by Gasteiger charge is 2.77. The number of nitrogens with zero attached hydrogens (tertiary/aromatic N) is 2. The summed E-state index contributed by atoms with van der Waals surface area (Å²) in [6.45, 7) is 7.07. The maximum Gasteiger partial charge on any atom is 0.117 e. The minimum absolute atomic E-state index is 0.0474. The third-order valence-electron chi connectivity index (χ3n) is 6.38. The summed E-state index contributed by atoms with van der Waals surface area (Å²) in [4.78, 5) is 0. The van der Waals surface area contributed by atoms with Crippen LogP contribution in [-0.2, 0) is 5.54 Å². The molecule has 0 aromatic heterocycles. The Hall–Kier alpha value is -1.18. The van der Waals surface area contributed by atoms with Gasteiger partial charge in [-0.05, 0) is 37.2 Å². The van der Waals surface area contributed by atoms with Crippen LogP contribution in [0.5, 0.6) is 0 Å². The molecule has 4 rings (SSSR count). The summed E-state index contributed by atoms with van der Waals surface area (Å²) < 4.78 is 0. The van der Waals surface area contributed by atoms with Gasteiger partial charge in [-0.15, -0.1) is 0 Å². The zero-order valence-corrected chi connectivity index (χ0v) is 11.4. The molecule has 2 bridgehead atoms. The Morgan fingerprint density at radius 2 is 1.61 bits per heavy atom. The first kappa shape index (κ1) is 10.7. The van der Waals surface area contributed by atoms with E-state index in [2.05, 4.69) is 51.1 Å². The lowest BCUT2D eigenvalue weighted by molar-refractivity contribution is 0.0904. The smallest absolute Gasteiger partial charge is 0.117 e. The lowest BCUT2D eigenvalue weighted by Gasteiger charge is -2.44. The van der Waals surface area contributed by atoms with Gasteiger partial charge in [0, 0.05) is 5.41 Å². The molecule has 2 fully saturated rings. The lowest BCUT2D eigenvalue weighted by Crippen LogP contribution is -2.43. The first-order valence-corrected chi connectivity index (χ1v) is 7.04. The van der Waals surface area contributed by atoms with E-state index in [4.69, 9.17) is 10.2 Å². The Labute approximate surface area is 109 Å². The van der Waals surface area contributed by atoms with E-state index in [1.54, 1.807) is 0 Å². The van der Waals surface area contributed by atoms with Gasteiger partial charge in [-0.3, -0.25) is 0 Å². The minimum atomic E-state index is -0.0636. The topological polar surface area (TPSA) is 24.7 Å². The van der Waals surface area contributed by atoms with Crippen molar-refractivity contribution in [3.05, 3.63) is 35.9 Å². The van der Waals surface area contributed by atoms with Gasteiger partial charge in [-0.2, -0.15) is 10.2 Å². The molecule has 1 aliphatic heterocycles. The highest BCUT2D eigenvalue weighted by Crippen LogP contribution is 2.75. The fourth-order valence-electron chi connectivity index (χ4n) is 4.89. The Balaban J connectivity index is 1.98. The Bertz CT molecular complexity index is 533. The molecular formula is C16H20N2. The molecule has 0 radical (unpaired) electrons. The molecule has 2 heteroatoms. The van der Waals surface area contributed by atoms with Crippen LogP contribution in [0.4, 0.5) is 0 Å². The molecule has 0 spiro atoms. The molecule has 94 valence electrons. The maximum absolute atomic E-state index is 4.84. The van der Waals surface area contributed by atoms with Gasteiger partial charge in [0.1, 0.15) is 5.54 Å². The van der Waals surface area contributed by atoms with E-state index in [-0.39, 0.29) is 16.5 Å². The number of fused-ring (bicyclic) bond motifs is 5. The van der Waals surface area contributed by atoms with Crippen LogP contribution >= 0.6 is 0 Å². The molecule has 0 unspecified atom stereocenters. The van der Waals surface area contributed by atoms with E-state index in [0.29, 0.717) is 5.92 Å². The van der Waals surface area contributed by atoms with Crippen molar-refractivity contribution < 1.29 is 0 Å². The van der Waals surface area contributed by atoms with Gasteiger partial charge in [0.15, 0.2) is 0 Å². The van der Waals surface area contributed by atoms with Crippen molar-refractivity contribution in [1.82, 2.24) is 0 Å². The van der Waals surface area contributed by atoms with Gasteiger partial charge < -0.3 is 0 Å². The van der Waals surface area contributed by atoms with Crippen LogP contribution in [0.1, 0.15) is 39.2 Å². The molecule has 2 saturated carbocycles. The standard InChI is InChI=1S/C16H20N2/c1-14(2)15(3)12-9-10-13(12)16(14,18-17-15)11-7-5-4-6-8-11/h4-8,12-13H,9-10H2,1-3H3/t12-,13+,15+,16+/m1/s1. The molecule has 18 heavy (non-hydrogen) atoms. The van der Waals surface area contributed by atoms with Gasteiger partial charge in [0.2, 0.25) is 0 Å². The molecule has 0 amide bonds. The third kappa shape index (κ3) is 0.818. The predicted octanol–water partition coefficient (Wildman–Crippen LogP) is 4.17. The number of hydrogen-bond donors (Lipinski definition) is 0. The summed E-state index contributed by atoms with van der Waals surface area (Å²) in [7, 11) is 0. The first-order valence-electron chi connectivity index (χ1n) is 7.04. The Kier molecular flexibility index (Phi) is 1.71. The second-order valence-corrected chi connectivity index (χ2v) is 6.90. The Morgan fingerprint density at radius 3 is 2.17 bits per heavy atom. The molecular weight excluding hydrogens is 220 g/mol. The van der Waals surface area contributed by atoms with Crippen LogP contribution < -0.4 is 0 Å². The van der Waals surface area contributed by atoms with E-state index in [9.17, 15) is 0 Å². The van der Waals surface area contributed by atoms with Gasteiger partial charge >= 0.3 is 0 Å². The molecule has 0 N–H and O–H groups in total. The largest absolute Gasteiger partial charge is 0.186 e. The molecule has 1 aromatic rings.